The highest BCUT2D eigenvalue weighted by Crippen LogP contribution is 2.38. The number of hydrogen-bond acceptors (Lipinski definition) is 2. The van der Waals surface area contributed by atoms with Gasteiger partial charge in [-0.25, -0.2) is 9.37 Å². The van der Waals surface area contributed by atoms with E-state index in [1.165, 1.54) is 25.0 Å². The second-order valence-electron chi connectivity index (χ2n) is 5.00. The Kier molecular flexibility index (Phi) is 2.31. The fraction of sp³-hybridized carbons (Fsp3) is 0.462. The molecule has 3 nitrogen and oxygen atoms in total. The van der Waals surface area contributed by atoms with Gasteiger partial charge >= 0.3 is 0 Å². The van der Waals surface area contributed by atoms with Gasteiger partial charge in [-0.1, -0.05) is 12.8 Å². The van der Waals surface area contributed by atoms with Crippen molar-refractivity contribution in [3.8, 4) is 0 Å². The first kappa shape index (κ1) is 10.6. The molecule has 90 valence electrons. The average molecular weight is 233 g/mol. The molecule has 17 heavy (non-hydrogen) atoms. The summed E-state index contributed by atoms with van der Waals surface area (Å²) in [5, 5.41) is 0. The first-order chi connectivity index (χ1) is 8.15. The van der Waals surface area contributed by atoms with E-state index >= 15 is 0 Å². The lowest BCUT2D eigenvalue weighted by atomic mass is 10.1. The van der Waals surface area contributed by atoms with Crippen molar-refractivity contribution in [2.45, 2.75) is 32.2 Å². The van der Waals surface area contributed by atoms with Gasteiger partial charge in [0.25, 0.3) is 0 Å². The van der Waals surface area contributed by atoms with Gasteiger partial charge in [0.15, 0.2) is 0 Å². The maximum atomic E-state index is 13.3. The molecule has 2 N–H and O–H groups in total. The fourth-order valence-electron chi connectivity index (χ4n) is 2.49. The molecular weight excluding hydrogens is 217 g/mol. The van der Waals surface area contributed by atoms with Crippen molar-refractivity contribution in [2.75, 3.05) is 5.73 Å². The molecule has 1 aromatic heterocycles. The first-order valence-electron chi connectivity index (χ1n) is 6.08. The summed E-state index contributed by atoms with van der Waals surface area (Å²) in [5.41, 5.74) is 7.50. The fourth-order valence-corrected chi connectivity index (χ4v) is 2.49. The monoisotopic (exact) mass is 233 g/mol. The highest BCUT2D eigenvalue weighted by molar-refractivity contribution is 5.78. The molecule has 0 saturated heterocycles. The molecule has 1 aliphatic rings. The zero-order valence-corrected chi connectivity index (χ0v) is 9.86. The maximum Gasteiger partial charge on any atom is 0.201 e. The van der Waals surface area contributed by atoms with E-state index in [4.69, 9.17) is 5.73 Å². The Labute approximate surface area is 99.4 Å². The Morgan fingerprint density at radius 1 is 1.53 bits per heavy atom. The van der Waals surface area contributed by atoms with Gasteiger partial charge in [0.2, 0.25) is 5.95 Å². The third-order valence-electron chi connectivity index (χ3n) is 3.49. The van der Waals surface area contributed by atoms with Crippen molar-refractivity contribution in [1.82, 2.24) is 9.55 Å². The van der Waals surface area contributed by atoms with Crippen LogP contribution in [0, 0.1) is 11.7 Å². The van der Waals surface area contributed by atoms with Crippen molar-refractivity contribution < 1.29 is 4.39 Å². The van der Waals surface area contributed by atoms with Crippen LogP contribution in [0.25, 0.3) is 11.0 Å². The number of nitrogens with two attached hydrogens (primary N) is 1. The number of halogens is 1. The first-order valence-corrected chi connectivity index (χ1v) is 6.08. The molecule has 3 rings (SSSR count). The van der Waals surface area contributed by atoms with E-state index in [1.54, 1.807) is 6.07 Å². The minimum Gasteiger partial charge on any atom is -0.369 e. The van der Waals surface area contributed by atoms with Crippen LogP contribution in [0.3, 0.4) is 0 Å². The van der Waals surface area contributed by atoms with E-state index < -0.39 is 0 Å². The Morgan fingerprint density at radius 3 is 3.00 bits per heavy atom. The summed E-state index contributed by atoms with van der Waals surface area (Å²) in [7, 11) is 0. The molecule has 2 aromatic rings. The molecule has 0 aliphatic heterocycles. The zero-order valence-electron chi connectivity index (χ0n) is 9.86. The summed E-state index contributed by atoms with van der Waals surface area (Å²) in [6.45, 7) is 2.13. The van der Waals surface area contributed by atoms with Crippen LogP contribution in [0.2, 0.25) is 0 Å². The number of nitrogens with zero attached hydrogens (tertiary/aromatic N) is 2. The van der Waals surface area contributed by atoms with E-state index in [2.05, 4.69) is 11.9 Å². The molecule has 0 bridgehead atoms. The molecule has 4 heteroatoms. The predicted molar refractivity (Wildman–Crippen MR) is 66.2 cm³/mol. The Hall–Kier alpha value is -1.58. The largest absolute Gasteiger partial charge is 0.369 e. The number of benzene rings is 1. The lowest BCUT2D eigenvalue weighted by Crippen LogP contribution is -2.09. The molecule has 1 aliphatic carbocycles. The second kappa shape index (κ2) is 3.72. The Bertz CT molecular complexity index is 557. The smallest absolute Gasteiger partial charge is 0.201 e. The van der Waals surface area contributed by atoms with Crippen molar-refractivity contribution in [1.29, 1.82) is 0 Å². The van der Waals surface area contributed by atoms with Gasteiger partial charge in [-0.15, -0.1) is 0 Å². The average Bonchev–Trinajstić information content (AvgIpc) is 3.00. The van der Waals surface area contributed by atoms with Gasteiger partial charge in [-0.2, -0.15) is 0 Å². The number of rotatable bonds is 3. The van der Waals surface area contributed by atoms with Gasteiger partial charge in [0.05, 0.1) is 11.0 Å². The van der Waals surface area contributed by atoms with Gasteiger partial charge in [0.1, 0.15) is 5.82 Å². The summed E-state index contributed by atoms with van der Waals surface area (Å²) in [6, 6.07) is 4.91. The topological polar surface area (TPSA) is 43.8 Å². The third-order valence-corrected chi connectivity index (χ3v) is 3.49. The van der Waals surface area contributed by atoms with Crippen LogP contribution in [0.1, 0.15) is 32.2 Å². The second-order valence-corrected chi connectivity index (χ2v) is 5.00. The molecule has 0 radical (unpaired) electrons. The van der Waals surface area contributed by atoms with Crippen LogP contribution in [0.5, 0.6) is 0 Å². The SMILES string of the molecule is CC(CC1CC1)n1c(N)nc2ccc(F)cc21. The van der Waals surface area contributed by atoms with Crippen molar-refractivity contribution in [3.63, 3.8) is 0 Å². The molecule has 1 fully saturated rings. The summed E-state index contributed by atoms with van der Waals surface area (Å²) < 4.78 is 15.2. The lowest BCUT2D eigenvalue weighted by molar-refractivity contribution is 0.492. The van der Waals surface area contributed by atoms with E-state index in [9.17, 15) is 4.39 Å². The van der Waals surface area contributed by atoms with Crippen LogP contribution < -0.4 is 5.73 Å². The molecule has 1 saturated carbocycles. The molecule has 1 aromatic carbocycles. The van der Waals surface area contributed by atoms with Crippen LogP contribution in [-0.2, 0) is 0 Å². The molecule has 1 unspecified atom stereocenters. The maximum absolute atomic E-state index is 13.3. The van der Waals surface area contributed by atoms with E-state index in [0.717, 1.165) is 23.4 Å². The normalized spacial score (nSPS) is 17.5. The Balaban J connectivity index is 2.06. The van der Waals surface area contributed by atoms with E-state index in [-0.39, 0.29) is 11.9 Å². The number of aromatic nitrogens is 2. The van der Waals surface area contributed by atoms with Crippen molar-refractivity contribution in [2.24, 2.45) is 5.92 Å². The molecule has 0 amide bonds. The number of hydrogen-bond donors (Lipinski definition) is 1. The van der Waals surface area contributed by atoms with Crippen LogP contribution in [0.15, 0.2) is 18.2 Å². The number of nitrogen functional groups attached to an aromatic ring is 1. The lowest BCUT2D eigenvalue weighted by Gasteiger charge is -2.15. The molecule has 1 heterocycles. The quantitative estimate of drug-likeness (QED) is 0.885. The molecule has 1 atom stereocenters. The number of fused-ring (bicyclic) bond motifs is 1. The van der Waals surface area contributed by atoms with Gasteiger partial charge in [0, 0.05) is 6.04 Å². The van der Waals surface area contributed by atoms with Crippen molar-refractivity contribution in [3.05, 3.63) is 24.0 Å². The number of anilines is 1. The molecular formula is C13H16FN3. The minimum absolute atomic E-state index is 0.239. The predicted octanol–water partition coefficient (Wildman–Crippen LogP) is 3.12. The Morgan fingerprint density at radius 2 is 2.29 bits per heavy atom. The summed E-state index contributed by atoms with van der Waals surface area (Å²) in [4.78, 5) is 4.28. The van der Waals surface area contributed by atoms with Crippen LogP contribution in [0.4, 0.5) is 10.3 Å². The van der Waals surface area contributed by atoms with Gasteiger partial charge in [-0.05, 0) is 37.5 Å². The summed E-state index contributed by atoms with van der Waals surface area (Å²) in [6.07, 6.45) is 3.72. The van der Waals surface area contributed by atoms with Crippen molar-refractivity contribution >= 4 is 17.0 Å². The highest BCUT2D eigenvalue weighted by Gasteiger charge is 2.25. The number of imidazole rings is 1. The third kappa shape index (κ3) is 1.88. The molecule has 0 spiro atoms. The van der Waals surface area contributed by atoms with Crippen LogP contribution in [-0.4, -0.2) is 9.55 Å². The highest BCUT2D eigenvalue weighted by atomic mass is 19.1. The van der Waals surface area contributed by atoms with E-state index in [1.807, 2.05) is 4.57 Å². The zero-order chi connectivity index (χ0) is 12.0. The van der Waals surface area contributed by atoms with Crippen LogP contribution >= 0.6 is 0 Å². The van der Waals surface area contributed by atoms with Gasteiger partial charge < -0.3 is 10.3 Å². The summed E-state index contributed by atoms with van der Waals surface area (Å²) in [5.74, 6) is 1.06. The van der Waals surface area contributed by atoms with E-state index in [0.29, 0.717) is 5.95 Å². The van der Waals surface area contributed by atoms with Gasteiger partial charge in [-0.3, -0.25) is 0 Å². The summed E-state index contributed by atoms with van der Waals surface area (Å²) >= 11 is 0. The standard InChI is InChI=1S/C13H16FN3/c1-8(6-9-2-3-9)17-12-7-10(14)4-5-11(12)16-13(17)15/h4-5,7-9H,2-3,6H2,1H3,(H2,15,16). The minimum atomic E-state index is -0.239.